The summed E-state index contributed by atoms with van der Waals surface area (Å²) >= 11 is 0. The predicted octanol–water partition coefficient (Wildman–Crippen LogP) is 4.55. The molecule has 0 unspecified atom stereocenters. The third-order valence-electron chi connectivity index (χ3n) is 12.6. The molecule has 0 bridgehead atoms. The first-order chi connectivity index (χ1) is 30.9. The Kier molecular flexibility index (Phi) is 19.7. The Morgan fingerprint density at radius 3 is 1.18 bits per heavy atom. The van der Waals surface area contributed by atoms with Crippen molar-refractivity contribution in [2.75, 3.05) is 13.2 Å². The highest BCUT2D eigenvalue weighted by atomic mass is 16.7. The molecule has 4 aliphatic rings. The zero-order chi connectivity index (χ0) is 49.3. The Morgan fingerprint density at radius 2 is 0.848 bits per heavy atom. The van der Waals surface area contributed by atoms with Crippen LogP contribution in [0.2, 0.25) is 0 Å². The average molecular weight is 921 g/mol. The maximum Gasteiger partial charge on any atom is 0.187 e. The van der Waals surface area contributed by atoms with Gasteiger partial charge in [0.05, 0.1) is 13.2 Å². The fourth-order valence-electron chi connectivity index (χ4n) is 8.47. The average Bonchev–Trinajstić information content (AvgIpc) is 3.25. The molecule has 66 heavy (non-hydrogen) atoms. The van der Waals surface area contributed by atoms with Crippen molar-refractivity contribution < 1.29 is 69.4 Å². The van der Waals surface area contributed by atoms with Crippen LogP contribution in [0.15, 0.2) is 130 Å². The van der Waals surface area contributed by atoms with Crippen LogP contribution in [0.3, 0.4) is 0 Å². The van der Waals surface area contributed by atoms with E-state index < -0.39 is 97.7 Å². The van der Waals surface area contributed by atoms with Gasteiger partial charge in [-0.15, -0.1) is 0 Å². The summed E-state index contributed by atoms with van der Waals surface area (Å²) in [5.41, 5.74) is 5.81. The second-order valence-electron chi connectivity index (χ2n) is 19.0. The monoisotopic (exact) mass is 920 g/mol. The predicted molar refractivity (Wildman–Crippen MR) is 250 cm³/mol. The van der Waals surface area contributed by atoms with Gasteiger partial charge < -0.3 is 59.8 Å². The van der Waals surface area contributed by atoms with E-state index in [1.165, 1.54) is 0 Å². The van der Waals surface area contributed by atoms with Crippen LogP contribution in [-0.4, -0.2) is 139 Å². The quantitative estimate of drug-likeness (QED) is 0.0994. The van der Waals surface area contributed by atoms with Crippen LogP contribution < -0.4 is 0 Å². The number of hydrogen-bond donors (Lipinski definition) is 8. The van der Waals surface area contributed by atoms with Gasteiger partial charge in [-0.2, -0.15) is 0 Å². The van der Waals surface area contributed by atoms with Crippen LogP contribution in [-0.2, 0) is 28.5 Å². The molecule has 0 saturated carbocycles. The lowest BCUT2D eigenvalue weighted by Gasteiger charge is -2.43. The van der Waals surface area contributed by atoms with Gasteiger partial charge in [0.1, 0.15) is 61.0 Å². The number of rotatable bonds is 16. The molecule has 2 fully saturated rings. The minimum atomic E-state index is -1.60. The van der Waals surface area contributed by atoms with E-state index >= 15 is 0 Å². The largest absolute Gasteiger partial charge is 0.394 e. The number of Topliss-reactive ketones (excluding diaryl/α,β-unsaturated/α-hetero) is 2. The summed E-state index contributed by atoms with van der Waals surface area (Å²) in [7, 11) is 0. The van der Waals surface area contributed by atoms with Crippen molar-refractivity contribution in [2.45, 2.75) is 156 Å². The Balaban J connectivity index is 1.29. The van der Waals surface area contributed by atoms with Crippen molar-refractivity contribution in [3.63, 3.8) is 0 Å². The molecule has 4 rings (SSSR count). The molecule has 12 atom stereocenters. The fourth-order valence-corrected chi connectivity index (χ4v) is 8.47. The Hall–Kier alpha value is -4.00. The van der Waals surface area contributed by atoms with Crippen LogP contribution in [0.5, 0.6) is 0 Å². The number of aliphatic hydroxyl groups excluding tert-OH is 8. The van der Waals surface area contributed by atoms with Gasteiger partial charge in [0.2, 0.25) is 0 Å². The van der Waals surface area contributed by atoms with E-state index in [9.17, 15) is 50.4 Å². The molecule has 0 spiro atoms. The van der Waals surface area contributed by atoms with Crippen LogP contribution in [0.4, 0.5) is 0 Å². The van der Waals surface area contributed by atoms with Crippen molar-refractivity contribution in [3.8, 4) is 0 Å². The van der Waals surface area contributed by atoms with Crippen molar-refractivity contribution in [2.24, 2.45) is 10.8 Å². The first-order valence-corrected chi connectivity index (χ1v) is 22.4. The number of carbonyl (C=O) groups excluding carboxylic acids is 2. The van der Waals surface area contributed by atoms with E-state index in [1.807, 2.05) is 140 Å². The highest BCUT2D eigenvalue weighted by Crippen LogP contribution is 2.43. The van der Waals surface area contributed by atoms with Gasteiger partial charge >= 0.3 is 0 Å². The van der Waals surface area contributed by atoms with E-state index in [4.69, 9.17) is 18.9 Å². The topological polar surface area (TPSA) is 233 Å². The first-order valence-electron chi connectivity index (χ1n) is 22.4. The molecule has 0 aromatic rings. The smallest absolute Gasteiger partial charge is 0.187 e. The van der Waals surface area contributed by atoms with Gasteiger partial charge in [-0.25, -0.2) is 0 Å². The molecule has 14 nitrogen and oxygen atoms in total. The summed E-state index contributed by atoms with van der Waals surface area (Å²) in [4.78, 5) is 26.8. The highest BCUT2D eigenvalue weighted by molar-refractivity contribution is 6.01. The van der Waals surface area contributed by atoms with Crippen LogP contribution in [0, 0.1) is 10.8 Å². The summed E-state index contributed by atoms with van der Waals surface area (Å²) in [6.45, 7) is 18.2. The van der Waals surface area contributed by atoms with Crippen LogP contribution in [0.1, 0.15) is 82.1 Å². The van der Waals surface area contributed by atoms with Crippen molar-refractivity contribution in [1.82, 2.24) is 0 Å². The molecule has 0 amide bonds. The van der Waals surface area contributed by atoms with Crippen molar-refractivity contribution in [3.05, 3.63) is 130 Å². The number of ether oxygens (including phenoxy) is 4. The normalized spacial score (nSPS) is 34.5. The van der Waals surface area contributed by atoms with Gasteiger partial charge in [-0.3, -0.25) is 9.59 Å². The minimum Gasteiger partial charge on any atom is -0.394 e. The van der Waals surface area contributed by atoms with Gasteiger partial charge in [0.15, 0.2) is 24.1 Å². The SMILES string of the molecule is CC1=C(/C=C/C(C)=C/C=C/C(C)=C/C=C/C=C(C)/C=C/C=C(C)/C=C/C2=C(C)C(=O)[C@@H](O[C@H]3O[C@@H](CO)[C@H](O)[C@@H](O)[C@@H]3O)CC2(C)C)C(C)(C)C[C@H](O[C@H]2O[C@@H](CO)[C@H](O)[C@@H](O)[C@@H]2O)C1=O. The van der Waals surface area contributed by atoms with E-state index in [2.05, 4.69) is 0 Å². The van der Waals surface area contributed by atoms with Crippen molar-refractivity contribution >= 4 is 11.6 Å². The molecule has 0 aromatic heterocycles. The van der Waals surface area contributed by atoms with E-state index in [0.29, 0.717) is 24.0 Å². The zero-order valence-corrected chi connectivity index (χ0v) is 39.9. The lowest BCUT2D eigenvalue weighted by atomic mass is 9.71. The summed E-state index contributed by atoms with van der Waals surface area (Å²) in [5, 5.41) is 80.4. The summed E-state index contributed by atoms with van der Waals surface area (Å²) in [6, 6.07) is 0. The maximum atomic E-state index is 13.4. The lowest BCUT2D eigenvalue weighted by Crippen LogP contribution is -2.60. The molecule has 0 aromatic carbocycles. The Bertz CT molecular complexity index is 1940. The second-order valence-corrected chi connectivity index (χ2v) is 19.0. The maximum absolute atomic E-state index is 13.4. The van der Waals surface area contributed by atoms with E-state index in [-0.39, 0.29) is 11.6 Å². The van der Waals surface area contributed by atoms with Gasteiger partial charge in [0.25, 0.3) is 0 Å². The molecule has 364 valence electrons. The summed E-state index contributed by atoms with van der Waals surface area (Å²) in [5.74, 6) is -0.534. The number of allylic oxidation sites excluding steroid dienone is 20. The van der Waals surface area contributed by atoms with E-state index in [0.717, 1.165) is 33.4 Å². The fraction of sp³-hybridized carbons (Fsp3) is 0.538. The molecule has 0 radical (unpaired) electrons. The summed E-state index contributed by atoms with van der Waals surface area (Å²) in [6.07, 6.45) is 11.8. The molecule has 2 aliphatic carbocycles. The number of ketones is 2. The minimum absolute atomic E-state index is 0.267. The molecular formula is C52H72O14. The Morgan fingerprint density at radius 1 is 0.530 bits per heavy atom. The van der Waals surface area contributed by atoms with E-state index in [1.54, 1.807) is 13.8 Å². The lowest BCUT2D eigenvalue weighted by molar-refractivity contribution is -0.309. The molecule has 8 N–H and O–H groups in total. The van der Waals surface area contributed by atoms with Crippen LogP contribution in [0.25, 0.3) is 0 Å². The van der Waals surface area contributed by atoms with Gasteiger partial charge in [-0.1, -0.05) is 135 Å². The summed E-state index contributed by atoms with van der Waals surface area (Å²) < 4.78 is 22.7. The molecule has 2 saturated heterocycles. The third kappa shape index (κ3) is 13.8. The number of hydrogen-bond acceptors (Lipinski definition) is 14. The number of carbonyl (C=O) groups is 2. The zero-order valence-electron chi connectivity index (χ0n) is 39.9. The second kappa shape index (κ2) is 23.8. The third-order valence-corrected chi connectivity index (χ3v) is 12.6. The number of aliphatic hydroxyl groups is 8. The van der Waals surface area contributed by atoms with Crippen molar-refractivity contribution in [1.29, 1.82) is 0 Å². The van der Waals surface area contributed by atoms with Gasteiger partial charge in [-0.05, 0) is 87.5 Å². The first kappa shape index (κ1) is 54.6. The molecule has 14 heteroatoms. The molecule has 2 aliphatic heterocycles. The van der Waals surface area contributed by atoms with Crippen LogP contribution >= 0.6 is 0 Å². The highest BCUT2D eigenvalue weighted by Gasteiger charge is 2.49. The molecular weight excluding hydrogens is 849 g/mol. The molecule has 2 heterocycles. The Labute approximate surface area is 389 Å². The van der Waals surface area contributed by atoms with Gasteiger partial charge in [0, 0.05) is 0 Å². The standard InChI is InChI=1S/C52H72O14/c1-29(17-13-19-31(3)21-23-35-33(5)41(55)37(25-51(35,7)8)63-49-47(61)45(59)43(57)39(27-53)65-49)15-11-12-16-30(2)18-14-20-32(4)22-24-36-34(6)42(56)38(26-52(36,9)10)64-50-48(62)46(60)44(58)40(28-54)66-50/h11-24,37-40,43-50,53-54,57-62H,25-28H2,1-10H3/b12-11+,17-13+,18-14+,23-21+,24-22+,29-15+,30-16+,31-19+,32-20+/t37-,38-,39-,40-,43-,44-,45+,46+,47-,48-,49-,50-/m0/s1.